The zero-order valence-electron chi connectivity index (χ0n) is 13.8. The van der Waals surface area contributed by atoms with Gasteiger partial charge in [0, 0.05) is 11.6 Å². The summed E-state index contributed by atoms with van der Waals surface area (Å²) in [4.78, 5) is 12.4. The van der Waals surface area contributed by atoms with Gasteiger partial charge in [0.15, 0.2) is 0 Å². The Morgan fingerprint density at radius 2 is 1.83 bits per heavy atom. The molecule has 3 rings (SSSR count). The predicted molar refractivity (Wildman–Crippen MR) is 86.8 cm³/mol. The molecule has 2 fully saturated rings. The topological polar surface area (TPSA) is 56.8 Å². The molecule has 23 heavy (non-hydrogen) atoms. The summed E-state index contributed by atoms with van der Waals surface area (Å²) < 4.78 is 17.1. The van der Waals surface area contributed by atoms with Crippen molar-refractivity contribution >= 4 is 5.91 Å². The number of nitrogens with one attached hydrogen (secondary N) is 1. The highest BCUT2D eigenvalue weighted by Crippen LogP contribution is 2.27. The largest absolute Gasteiger partial charge is 0.491 e. The third kappa shape index (κ3) is 4.24. The molecule has 5 nitrogen and oxygen atoms in total. The molecule has 1 saturated carbocycles. The molecule has 1 aliphatic heterocycles. The van der Waals surface area contributed by atoms with E-state index in [0.717, 1.165) is 25.0 Å². The molecule has 1 aromatic rings. The van der Waals surface area contributed by atoms with E-state index in [2.05, 4.69) is 5.32 Å². The number of fused-ring (bicyclic) bond motifs is 1. The van der Waals surface area contributed by atoms with Crippen molar-refractivity contribution in [3.8, 4) is 5.75 Å². The number of benzene rings is 1. The lowest BCUT2D eigenvalue weighted by Gasteiger charge is -2.39. The van der Waals surface area contributed by atoms with Crippen LogP contribution in [0.3, 0.4) is 0 Å². The van der Waals surface area contributed by atoms with Crippen molar-refractivity contribution in [2.24, 2.45) is 0 Å². The van der Waals surface area contributed by atoms with Crippen LogP contribution in [0.5, 0.6) is 5.75 Å². The molecule has 1 amide bonds. The Morgan fingerprint density at radius 3 is 2.52 bits per heavy atom. The Bertz CT molecular complexity index is 528. The second-order valence-electron chi connectivity index (χ2n) is 6.49. The quantitative estimate of drug-likeness (QED) is 0.926. The molecule has 0 bridgehead atoms. The Labute approximate surface area is 137 Å². The zero-order valence-corrected chi connectivity index (χ0v) is 13.8. The average molecular weight is 319 g/mol. The highest BCUT2D eigenvalue weighted by molar-refractivity contribution is 5.94. The molecule has 1 heterocycles. The maximum absolute atomic E-state index is 12.4. The van der Waals surface area contributed by atoms with E-state index in [9.17, 15) is 4.79 Å². The van der Waals surface area contributed by atoms with Crippen LogP contribution in [0.2, 0.25) is 0 Å². The fraction of sp³-hybridized carbons (Fsp3) is 0.611. The SMILES string of the molecule is CC(C)Oc1ccc(C(=O)NC2CCC3OCCOC3C2)cc1. The minimum absolute atomic E-state index is 0.0405. The molecule has 1 N–H and O–H groups in total. The molecular weight excluding hydrogens is 294 g/mol. The molecule has 126 valence electrons. The van der Waals surface area contributed by atoms with Crippen molar-refractivity contribution in [2.45, 2.75) is 57.5 Å². The van der Waals surface area contributed by atoms with Crippen LogP contribution < -0.4 is 10.1 Å². The van der Waals surface area contributed by atoms with Crippen LogP contribution in [-0.2, 0) is 9.47 Å². The van der Waals surface area contributed by atoms with Gasteiger partial charge in [-0.25, -0.2) is 0 Å². The van der Waals surface area contributed by atoms with E-state index in [4.69, 9.17) is 14.2 Å². The second-order valence-corrected chi connectivity index (χ2v) is 6.49. The normalized spacial score (nSPS) is 27.3. The molecule has 0 spiro atoms. The fourth-order valence-electron chi connectivity index (χ4n) is 3.22. The van der Waals surface area contributed by atoms with Gasteiger partial charge in [0.2, 0.25) is 0 Å². The molecule has 3 unspecified atom stereocenters. The molecule has 0 aromatic heterocycles. The Morgan fingerprint density at radius 1 is 1.13 bits per heavy atom. The molecule has 1 saturated heterocycles. The summed E-state index contributed by atoms with van der Waals surface area (Å²) in [5.74, 6) is 0.742. The van der Waals surface area contributed by atoms with Gasteiger partial charge in [0.05, 0.1) is 31.5 Å². The number of carbonyl (C=O) groups is 1. The number of hydrogen-bond acceptors (Lipinski definition) is 4. The summed E-state index contributed by atoms with van der Waals surface area (Å²) >= 11 is 0. The van der Waals surface area contributed by atoms with Gasteiger partial charge in [-0.05, 0) is 57.4 Å². The van der Waals surface area contributed by atoms with E-state index in [1.165, 1.54) is 0 Å². The van der Waals surface area contributed by atoms with Gasteiger partial charge in [-0.2, -0.15) is 0 Å². The summed E-state index contributed by atoms with van der Waals surface area (Å²) in [6, 6.07) is 7.43. The van der Waals surface area contributed by atoms with Crippen LogP contribution in [0.15, 0.2) is 24.3 Å². The third-order valence-electron chi connectivity index (χ3n) is 4.30. The van der Waals surface area contributed by atoms with Crippen molar-refractivity contribution in [1.29, 1.82) is 0 Å². The lowest BCUT2D eigenvalue weighted by molar-refractivity contribution is -0.157. The van der Waals surface area contributed by atoms with Gasteiger partial charge in [-0.15, -0.1) is 0 Å². The molecule has 1 aromatic carbocycles. The highest BCUT2D eigenvalue weighted by Gasteiger charge is 2.34. The standard InChI is InChI=1S/C18H25NO4/c1-12(2)23-15-6-3-13(4-7-15)18(20)19-14-5-8-16-17(11-14)22-10-9-21-16/h3-4,6-7,12,14,16-17H,5,8-11H2,1-2H3,(H,19,20). The summed E-state index contributed by atoms with van der Waals surface area (Å²) in [5.41, 5.74) is 0.657. The first-order valence-corrected chi connectivity index (χ1v) is 8.42. The number of carbonyl (C=O) groups excluding carboxylic acids is 1. The maximum atomic E-state index is 12.4. The fourth-order valence-corrected chi connectivity index (χ4v) is 3.22. The minimum Gasteiger partial charge on any atom is -0.491 e. The van der Waals surface area contributed by atoms with Crippen molar-refractivity contribution in [1.82, 2.24) is 5.32 Å². The monoisotopic (exact) mass is 319 g/mol. The molecular formula is C18H25NO4. The van der Waals surface area contributed by atoms with Gasteiger partial charge >= 0.3 is 0 Å². The minimum atomic E-state index is -0.0405. The van der Waals surface area contributed by atoms with Crippen LogP contribution in [-0.4, -0.2) is 43.5 Å². The Balaban J connectivity index is 1.54. The van der Waals surface area contributed by atoms with E-state index in [1.807, 2.05) is 26.0 Å². The molecule has 0 radical (unpaired) electrons. The first-order valence-electron chi connectivity index (χ1n) is 8.42. The third-order valence-corrected chi connectivity index (χ3v) is 4.30. The van der Waals surface area contributed by atoms with E-state index in [0.29, 0.717) is 18.8 Å². The summed E-state index contributed by atoms with van der Waals surface area (Å²) in [7, 11) is 0. The zero-order chi connectivity index (χ0) is 16.2. The van der Waals surface area contributed by atoms with Crippen LogP contribution in [0.4, 0.5) is 0 Å². The van der Waals surface area contributed by atoms with Gasteiger partial charge in [0.1, 0.15) is 5.75 Å². The van der Waals surface area contributed by atoms with Crippen LogP contribution in [0.25, 0.3) is 0 Å². The van der Waals surface area contributed by atoms with Crippen molar-refractivity contribution < 1.29 is 19.0 Å². The predicted octanol–water partition coefficient (Wildman–Crippen LogP) is 2.54. The first-order chi connectivity index (χ1) is 11.1. The number of ether oxygens (including phenoxy) is 3. The molecule has 1 aliphatic carbocycles. The van der Waals surface area contributed by atoms with Crippen LogP contribution in [0.1, 0.15) is 43.5 Å². The van der Waals surface area contributed by atoms with Crippen molar-refractivity contribution in [3.05, 3.63) is 29.8 Å². The van der Waals surface area contributed by atoms with E-state index in [1.54, 1.807) is 12.1 Å². The Hall–Kier alpha value is -1.59. The van der Waals surface area contributed by atoms with Gasteiger partial charge < -0.3 is 19.5 Å². The Kier molecular flexibility index (Phi) is 5.18. The molecule has 5 heteroatoms. The van der Waals surface area contributed by atoms with Crippen molar-refractivity contribution in [2.75, 3.05) is 13.2 Å². The lowest BCUT2D eigenvalue weighted by atomic mass is 9.89. The average Bonchev–Trinajstić information content (AvgIpc) is 2.55. The number of rotatable bonds is 4. The van der Waals surface area contributed by atoms with Gasteiger partial charge in [-0.3, -0.25) is 4.79 Å². The van der Waals surface area contributed by atoms with Gasteiger partial charge in [-0.1, -0.05) is 0 Å². The van der Waals surface area contributed by atoms with E-state index >= 15 is 0 Å². The lowest BCUT2D eigenvalue weighted by Crippen LogP contribution is -2.49. The summed E-state index contributed by atoms with van der Waals surface area (Å²) in [6.45, 7) is 5.30. The highest BCUT2D eigenvalue weighted by atomic mass is 16.6. The van der Waals surface area contributed by atoms with E-state index in [-0.39, 0.29) is 30.3 Å². The summed E-state index contributed by atoms with van der Waals surface area (Å²) in [5, 5.41) is 3.11. The van der Waals surface area contributed by atoms with Crippen LogP contribution in [0, 0.1) is 0 Å². The summed E-state index contributed by atoms with van der Waals surface area (Å²) in [6.07, 6.45) is 3.14. The number of amides is 1. The second kappa shape index (κ2) is 7.32. The van der Waals surface area contributed by atoms with Gasteiger partial charge in [0.25, 0.3) is 5.91 Å². The molecule has 2 aliphatic rings. The number of hydrogen-bond donors (Lipinski definition) is 1. The van der Waals surface area contributed by atoms with E-state index < -0.39 is 0 Å². The van der Waals surface area contributed by atoms with Crippen molar-refractivity contribution in [3.63, 3.8) is 0 Å². The molecule has 3 atom stereocenters. The van der Waals surface area contributed by atoms with Crippen LogP contribution >= 0.6 is 0 Å². The first kappa shape index (κ1) is 16.3. The maximum Gasteiger partial charge on any atom is 0.251 e. The smallest absolute Gasteiger partial charge is 0.251 e.